The van der Waals surface area contributed by atoms with Crippen LogP contribution in [0.2, 0.25) is 5.02 Å². The molecule has 2 aromatic rings. The van der Waals surface area contributed by atoms with Gasteiger partial charge < -0.3 is 5.32 Å². The van der Waals surface area contributed by atoms with E-state index in [2.05, 4.69) is 28.6 Å². The molecule has 1 amide bonds. The topological polar surface area (TPSA) is 70.7 Å². The molecule has 3 rings (SSSR count). The Bertz CT molecular complexity index is 889. The molecule has 0 bridgehead atoms. The predicted molar refractivity (Wildman–Crippen MR) is 115 cm³/mol. The van der Waals surface area contributed by atoms with E-state index in [9.17, 15) is 4.79 Å². The number of carbonyl (C=O) groups is 1. The van der Waals surface area contributed by atoms with Gasteiger partial charge in [0.2, 0.25) is 5.91 Å². The lowest BCUT2D eigenvalue weighted by Gasteiger charge is -2.30. The fourth-order valence-electron chi connectivity index (χ4n) is 4.49. The molecule has 0 unspecified atom stereocenters. The van der Waals surface area contributed by atoms with Gasteiger partial charge in [-0.2, -0.15) is 10.4 Å². The molecule has 1 aliphatic rings. The Balaban J connectivity index is 1.59. The summed E-state index contributed by atoms with van der Waals surface area (Å²) in [6, 6.07) is 10.2. The van der Waals surface area contributed by atoms with Crippen molar-refractivity contribution in [1.29, 1.82) is 5.26 Å². The first-order chi connectivity index (χ1) is 13.9. The van der Waals surface area contributed by atoms with E-state index in [4.69, 9.17) is 16.9 Å². The number of aromatic nitrogens is 2. The molecule has 6 heteroatoms. The average molecular weight is 413 g/mol. The van der Waals surface area contributed by atoms with Crippen LogP contribution < -0.4 is 5.32 Å². The molecular formula is C23H29ClN4O. The van der Waals surface area contributed by atoms with Gasteiger partial charge in [-0.25, -0.2) is 0 Å². The van der Waals surface area contributed by atoms with Crippen LogP contribution in [-0.4, -0.2) is 22.2 Å². The molecule has 0 saturated heterocycles. The van der Waals surface area contributed by atoms with Crippen molar-refractivity contribution in [1.82, 2.24) is 15.1 Å². The van der Waals surface area contributed by atoms with E-state index in [1.54, 1.807) is 0 Å². The van der Waals surface area contributed by atoms with Crippen LogP contribution in [0.1, 0.15) is 61.0 Å². The maximum atomic E-state index is 12.6. The van der Waals surface area contributed by atoms with Gasteiger partial charge in [-0.05, 0) is 56.4 Å². The Hall–Kier alpha value is -2.32. The number of nitrogens with one attached hydrogen (secondary N) is 1. The Morgan fingerprint density at radius 2 is 1.97 bits per heavy atom. The number of nitriles is 1. The molecule has 0 spiro atoms. The van der Waals surface area contributed by atoms with E-state index < -0.39 is 0 Å². The minimum atomic E-state index is 0.0221. The number of aryl methyl sites for hydroxylation is 2. The minimum Gasteiger partial charge on any atom is -0.355 e. The molecule has 29 heavy (non-hydrogen) atoms. The second-order valence-electron chi connectivity index (χ2n) is 8.05. The molecule has 1 aromatic heterocycles. The molecular weight excluding hydrogens is 384 g/mol. The number of rotatable bonds is 8. The zero-order valence-corrected chi connectivity index (χ0v) is 18.1. The Kier molecular flexibility index (Phi) is 6.97. The summed E-state index contributed by atoms with van der Waals surface area (Å²) in [6.45, 7) is 5.25. The van der Waals surface area contributed by atoms with Crippen molar-refractivity contribution >= 4 is 17.5 Å². The summed E-state index contributed by atoms with van der Waals surface area (Å²) < 4.78 is 1.87. The van der Waals surface area contributed by atoms with Crippen molar-refractivity contribution in [3.05, 3.63) is 51.8 Å². The van der Waals surface area contributed by atoms with Gasteiger partial charge in [0, 0.05) is 29.1 Å². The van der Waals surface area contributed by atoms with Gasteiger partial charge in [-0.3, -0.25) is 9.48 Å². The SMILES string of the molecule is Cc1nn(CCC#N)c(C)c1CCC(=O)NCC1(c2ccc(Cl)cc2)CCCC1. The van der Waals surface area contributed by atoms with Crippen LogP contribution in [0, 0.1) is 25.2 Å². The van der Waals surface area contributed by atoms with Gasteiger partial charge >= 0.3 is 0 Å². The Labute approximate surface area is 178 Å². The molecule has 1 aromatic carbocycles. The smallest absolute Gasteiger partial charge is 0.220 e. The summed E-state index contributed by atoms with van der Waals surface area (Å²) in [5, 5.41) is 17.2. The molecule has 1 heterocycles. The van der Waals surface area contributed by atoms with Crippen molar-refractivity contribution in [3.8, 4) is 6.07 Å². The van der Waals surface area contributed by atoms with E-state index in [0.29, 0.717) is 32.4 Å². The second kappa shape index (κ2) is 9.45. The summed E-state index contributed by atoms with van der Waals surface area (Å²) in [5.41, 5.74) is 4.41. The van der Waals surface area contributed by atoms with Crippen LogP contribution in [0.4, 0.5) is 0 Å². The summed E-state index contributed by atoms with van der Waals surface area (Å²) in [6.07, 6.45) is 6.14. The number of hydrogen-bond acceptors (Lipinski definition) is 3. The zero-order valence-electron chi connectivity index (χ0n) is 17.3. The molecule has 0 aliphatic heterocycles. The number of carbonyl (C=O) groups excluding carboxylic acids is 1. The lowest BCUT2D eigenvalue weighted by molar-refractivity contribution is -0.121. The predicted octanol–water partition coefficient (Wildman–Crippen LogP) is 4.63. The number of amides is 1. The van der Waals surface area contributed by atoms with Gasteiger partial charge in [-0.1, -0.05) is 36.6 Å². The van der Waals surface area contributed by atoms with Crippen LogP contribution in [0.5, 0.6) is 0 Å². The van der Waals surface area contributed by atoms with E-state index in [1.807, 2.05) is 30.7 Å². The van der Waals surface area contributed by atoms with E-state index in [-0.39, 0.29) is 11.3 Å². The zero-order chi connectivity index (χ0) is 20.9. The van der Waals surface area contributed by atoms with Gasteiger partial charge in [0.1, 0.15) is 0 Å². The van der Waals surface area contributed by atoms with Crippen LogP contribution in [-0.2, 0) is 23.2 Å². The van der Waals surface area contributed by atoms with E-state index >= 15 is 0 Å². The standard InChI is InChI=1S/C23H29ClN4O/c1-17-21(18(2)28(27-17)15-5-14-25)10-11-22(29)26-16-23(12-3-4-13-23)19-6-8-20(24)9-7-19/h6-9H,3-5,10-13,15-16H2,1-2H3,(H,26,29). The van der Waals surface area contributed by atoms with Gasteiger partial charge in [0.15, 0.2) is 0 Å². The Morgan fingerprint density at radius 3 is 2.62 bits per heavy atom. The third kappa shape index (κ3) is 5.00. The quantitative estimate of drug-likeness (QED) is 0.687. The van der Waals surface area contributed by atoms with Crippen molar-refractivity contribution in [2.24, 2.45) is 0 Å². The summed E-state index contributed by atoms with van der Waals surface area (Å²) >= 11 is 6.05. The minimum absolute atomic E-state index is 0.0221. The Morgan fingerprint density at radius 1 is 1.28 bits per heavy atom. The highest BCUT2D eigenvalue weighted by Crippen LogP contribution is 2.41. The molecule has 0 atom stereocenters. The number of benzene rings is 1. The van der Waals surface area contributed by atoms with Crippen molar-refractivity contribution in [2.75, 3.05) is 6.54 Å². The van der Waals surface area contributed by atoms with E-state index in [0.717, 1.165) is 34.8 Å². The molecule has 1 N–H and O–H groups in total. The normalized spacial score (nSPS) is 15.2. The number of hydrogen-bond donors (Lipinski definition) is 1. The second-order valence-corrected chi connectivity index (χ2v) is 8.49. The highest BCUT2D eigenvalue weighted by molar-refractivity contribution is 6.30. The highest BCUT2D eigenvalue weighted by Gasteiger charge is 2.35. The third-order valence-corrected chi connectivity index (χ3v) is 6.46. The van der Waals surface area contributed by atoms with Crippen LogP contribution >= 0.6 is 11.6 Å². The van der Waals surface area contributed by atoms with Gasteiger partial charge in [-0.15, -0.1) is 0 Å². The van der Waals surface area contributed by atoms with E-state index in [1.165, 1.54) is 18.4 Å². The van der Waals surface area contributed by atoms with Crippen LogP contribution in [0.15, 0.2) is 24.3 Å². The molecule has 0 radical (unpaired) electrons. The number of halogens is 1. The fourth-order valence-corrected chi connectivity index (χ4v) is 4.61. The largest absolute Gasteiger partial charge is 0.355 e. The first kappa shape index (κ1) is 21.4. The lowest BCUT2D eigenvalue weighted by Crippen LogP contribution is -2.39. The maximum absolute atomic E-state index is 12.6. The molecule has 1 fully saturated rings. The van der Waals surface area contributed by atoms with Gasteiger partial charge in [0.25, 0.3) is 0 Å². The molecule has 1 saturated carbocycles. The van der Waals surface area contributed by atoms with Crippen LogP contribution in [0.3, 0.4) is 0 Å². The first-order valence-corrected chi connectivity index (χ1v) is 10.8. The molecule has 1 aliphatic carbocycles. The lowest BCUT2D eigenvalue weighted by atomic mass is 9.79. The molecule has 5 nitrogen and oxygen atoms in total. The average Bonchev–Trinajstić information content (AvgIpc) is 3.29. The summed E-state index contributed by atoms with van der Waals surface area (Å²) in [4.78, 5) is 12.6. The highest BCUT2D eigenvalue weighted by atomic mass is 35.5. The first-order valence-electron chi connectivity index (χ1n) is 10.4. The number of nitrogens with zero attached hydrogens (tertiary/aromatic N) is 3. The fraction of sp³-hybridized carbons (Fsp3) is 0.522. The monoisotopic (exact) mass is 412 g/mol. The van der Waals surface area contributed by atoms with Crippen molar-refractivity contribution in [2.45, 2.75) is 70.8 Å². The summed E-state index contributed by atoms with van der Waals surface area (Å²) in [5.74, 6) is 0.0776. The molecule has 154 valence electrons. The third-order valence-electron chi connectivity index (χ3n) is 6.21. The van der Waals surface area contributed by atoms with Crippen LogP contribution in [0.25, 0.3) is 0 Å². The van der Waals surface area contributed by atoms with Crippen molar-refractivity contribution < 1.29 is 4.79 Å². The van der Waals surface area contributed by atoms with Crippen molar-refractivity contribution in [3.63, 3.8) is 0 Å². The maximum Gasteiger partial charge on any atom is 0.220 e. The van der Waals surface area contributed by atoms with Gasteiger partial charge in [0.05, 0.1) is 24.7 Å². The summed E-state index contributed by atoms with van der Waals surface area (Å²) in [7, 11) is 0.